The van der Waals surface area contributed by atoms with E-state index in [-0.39, 0.29) is 0 Å². The maximum atomic E-state index is 13.6. The molecular formula is C34H29F3N2O4. The van der Waals surface area contributed by atoms with E-state index < -0.39 is 23.3 Å². The number of ether oxygens (including phenoxy) is 3. The maximum absolute atomic E-state index is 13.6. The average molecular weight is 587 g/mol. The molecule has 1 spiro atoms. The molecule has 0 N–H and O–H groups in total. The largest absolute Gasteiger partial charge is 0.456 e. The van der Waals surface area contributed by atoms with Crippen molar-refractivity contribution in [3.63, 3.8) is 0 Å². The first-order valence-electron chi connectivity index (χ1n) is 14.4. The summed E-state index contributed by atoms with van der Waals surface area (Å²) in [7, 11) is 0. The first-order valence-corrected chi connectivity index (χ1v) is 14.4. The van der Waals surface area contributed by atoms with Crippen LogP contribution in [-0.4, -0.2) is 38.8 Å². The number of hydrogen-bond acceptors (Lipinski definition) is 6. The van der Waals surface area contributed by atoms with Crippen molar-refractivity contribution in [2.75, 3.05) is 42.6 Å². The number of anilines is 3. The lowest BCUT2D eigenvalue weighted by Gasteiger charge is -2.38. The summed E-state index contributed by atoms with van der Waals surface area (Å²) >= 11 is 0. The first kappa shape index (κ1) is 27.3. The number of alkyl halides is 3. The zero-order valence-corrected chi connectivity index (χ0v) is 23.5. The molecule has 9 heteroatoms. The Hall–Kier alpha value is -4.50. The molecule has 0 aliphatic carbocycles. The van der Waals surface area contributed by atoms with E-state index in [4.69, 9.17) is 14.2 Å². The molecule has 1 atom stereocenters. The van der Waals surface area contributed by atoms with E-state index in [2.05, 4.69) is 4.90 Å². The third-order valence-corrected chi connectivity index (χ3v) is 8.30. The quantitative estimate of drug-likeness (QED) is 0.224. The van der Waals surface area contributed by atoms with Crippen LogP contribution in [0.4, 0.5) is 30.2 Å². The molecule has 6 nitrogen and oxygen atoms in total. The standard InChI is InChI=1S/C34H29F3N2O4/c1-2-14-39(24-7-5-6-22(19-24)34(35,36)37)25-11-13-30-29(20-25)33(27-9-4-3-8-26(27)32(40)43-33)28-12-10-23(21-31(28)42-30)38-15-17-41-18-16-38/h3-13,19-21H,2,14-18H2,1H3. The smallest absolute Gasteiger partial charge is 0.416 e. The Morgan fingerprint density at radius 2 is 1.63 bits per heavy atom. The highest BCUT2D eigenvalue weighted by atomic mass is 19.4. The van der Waals surface area contributed by atoms with Gasteiger partial charge in [-0.25, -0.2) is 4.79 Å². The Morgan fingerprint density at radius 3 is 2.42 bits per heavy atom. The van der Waals surface area contributed by atoms with Gasteiger partial charge in [0.15, 0.2) is 5.60 Å². The number of rotatable bonds is 5. The minimum absolute atomic E-state index is 0.418. The van der Waals surface area contributed by atoms with E-state index in [1.54, 1.807) is 18.2 Å². The zero-order valence-electron chi connectivity index (χ0n) is 23.5. The van der Waals surface area contributed by atoms with Crippen molar-refractivity contribution in [2.45, 2.75) is 25.1 Å². The Labute approximate surface area is 247 Å². The fraction of sp³-hybridized carbons (Fsp3) is 0.265. The molecule has 1 fully saturated rings. The van der Waals surface area contributed by atoms with E-state index in [1.807, 2.05) is 60.4 Å². The van der Waals surface area contributed by atoms with Crippen LogP contribution in [0.15, 0.2) is 84.9 Å². The van der Waals surface area contributed by atoms with Crippen LogP contribution < -0.4 is 14.5 Å². The number of esters is 1. The molecule has 43 heavy (non-hydrogen) atoms. The van der Waals surface area contributed by atoms with Crippen LogP contribution in [0.2, 0.25) is 0 Å². The van der Waals surface area contributed by atoms with Gasteiger partial charge in [0, 0.05) is 59.5 Å². The Morgan fingerprint density at radius 1 is 0.837 bits per heavy atom. The number of halogens is 3. The summed E-state index contributed by atoms with van der Waals surface area (Å²) in [6, 6.07) is 24.1. The van der Waals surface area contributed by atoms with Gasteiger partial charge in [0.2, 0.25) is 0 Å². The minimum atomic E-state index is -4.47. The van der Waals surface area contributed by atoms with Gasteiger partial charge in [-0.15, -0.1) is 0 Å². The van der Waals surface area contributed by atoms with Crippen molar-refractivity contribution >= 4 is 23.0 Å². The van der Waals surface area contributed by atoms with Crippen molar-refractivity contribution in [3.8, 4) is 11.5 Å². The van der Waals surface area contributed by atoms with Gasteiger partial charge >= 0.3 is 12.1 Å². The third-order valence-electron chi connectivity index (χ3n) is 8.30. The van der Waals surface area contributed by atoms with E-state index >= 15 is 0 Å². The van der Waals surface area contributed by atoms with E-state index in [0.29, 0.717) is 71.3 Å². The average Bonchev–Trinajstić information content (AvgIpc) is 3.32. The molecule has 3 aliphatic heterocycles. The highest BCUT2D eigenvalue weighted by molar-refractivity contribution is 5.97. The second-order valence-electron chi connectivity index (χ2n) is 10.9. The molecule has 4 aromatic rings. The lowest BCUT2D eigenvalue weighted by molar-refractivity contribution is -0.137. The topological polar surface area (TPSA) is 51.2 Å². The second kappa shape index (κ2) is 10.3. The monoisotopic (exact) mass is 586 g/mol. The van der Waals surface area contributed by atoms with Crippen LogP contribution in [0.3, 0.4) is 0 Å². The molecule has 3 heterocycles. The molecule has 0 amide bonds. The molecule has 7 rings (SSSR count). The lowest BCUT2D eigenvalue weighted by atomic mass is 9.77. The predicted octanol–water partition coefficient (Wildman–Crippen LogP) is 7.66. The van der Waals surface area contributed by atoms with Crippen LogP contribution in [0, 0.1) is 0 Å². The van der Waals surface area contributed by atoms with Crippen molar-refractivity contribution in [1.29, 1.82) is 0 Å². The van der Waals surface area contributed by atoms with Gasteiger partial charge in [0.1, 0.15) is 11.5 Å². The normalized spacial score (nSPS) is 18.9. The molecule has 0 aromatic heterocycles. The number of nitrogens with zero attached hydrogens (tertiary/aromatic N) is 2. The second-order valence-corrected chi connectivity index (χ2v) is 10.9. The fourth-order valence-electron chi connectivity index (χ4n) is 6.32. The van der Waals surface area contributed by atoms with Crippen LogP contribution in [-0.2, 0) is 21.3 Å². The van der Waals surface area contributed by atoms with Gasteiger partial charge in [-0.05, 0) is 61.0 Å². The number of carbonyl (C=O) groups is 1. The van der Waals surface area contributed by atoms with Gasteiger partial charge in [-0.1, -0.05) is 31.2 Å². The summed E-state index contributed by atoms with van der Waals surface area (Å²) in [6.07, 6.45) is -3.77. The molecule has 0 bridgehead atoms. The zero-order chi connectivity index (χ0) is 29.8. The van der Waals surface area contributed by atoms with E-state index in [9.17, 15) is 18.0 Å². The Balaban J connectivity index is 1.39. The van der Waals surface area contributed by atoms with Crippen LogP contribution >= 0.6 is 0 Å². The van der Waals surface area contributed by atoms with Gasteiger partial charge in [0.25, 0.3) is 0 Å². The summed E-state index contributed by atoms with van der Waals surface area (Å²) in [4.78, 5) is 17.4. The Kier molecular flexibility index (Phi) is 6.58. The molecule has 0 radical (unpaired) electrons. The summed E-state index contributed by atoms with van der Waals surface area (Å²) in [5.41, 5.74) is 2.52. The van der Waals surface area contributed by atoms with Crippen molar-refractivity contribution in [3.05, 3.63) is 113 Å². The van der Waals surface area contributed by atoms with Crippen LogP contribution in [0.25, 0.3) is 0 Å². The number of fused-ring (bicyclic) bond motifs is 6. The fourth-order valence-corrected chi connectivity index (χ4v) is 6.32. The number of benzene rings is 4. The third kappa shape index (κ3) is 4.50. The number of carbonyl (C=O) groups excluding carboxylic acids is 1. The Bertz CT molecular complexity index is 1720. The summed E-state index contributed by atoms with van der Waals surface area (Å²) in [6.45, 7) is 5.23. The van der Waals surface area contributed by atoms with Gasteiger partial charge in [-0.2, -0.15) is 13.2 Å². The van der Waals surface area contributed by atoms with E-state index in [0.717, 1.165) is 30.9 Å². The SMILES string of the molecule is CCCN(c1cccc(C(F)(F)F)c1)c1ccc2c(c1)C1(OC(=O)c3ccccc31)c1ccc(N3CCOCC3)cc1O2. The number of hydrogen-bond donors (Lipinski definition) is 0. The van der Waals surface area contributed by atoms with Crippen LogP contribution in [0.1, 0.15) is 46.0 Å². The predicted molar refractivity (Wildman–Crippen MR) is 156 cm³/mol. The van der Waals surface area contributed by atoms with Gasteiger partial charge in [-0.3, -0.25) is 0 Å². The molecule has 1 unspecified atom stereocenters. The molecule has 0 saturated carbocycles. The van der Waals surface area contributed by atoms with Crippen molar-refractivity contribution in [1.82, 2.24) is 0 Å². The maximum Gasteiger partial charge on any atom is 0.416 e. The van der Waals surface area contributed by atoms with Crippen LogP contribution in [0.5, 0.6) is 11.5 Å². The number of morpholine rings is 1. The molecule has 3 aliphatic rings. The summed E-state index contributed by atoms with van der Waals surface area (Å²) in [5, 5.41) is 0. The lowest BCUT2D eigenvalue weighted by Crippen LogP contribution is -2.37. The van der Waals surface area contributed by atoms with Crippen molar-refractivity contribution in [2.24, 2.45) is 0 Å². The van der Waals surface area contributed by atoms with E-state index in [1.165, 1.54) is 6.07 Å². The molecule has 1 saturated heterocycles. The summed E-state index contributed by atoms with van der Waals surface area (Å²) < 4.78 is 59.2. The summed E-state index contributed by atoms with van der Waals surface area (Å²) in [5.74, 6) is 0.651. The van der Waals surface area contributed by atoms with Gasteiger partial charge in [0.05, 0.1) is 24.3 Å². The minimum Gasteiger partial charge on any atom is -0.456 e. The molecular weight excluding hydrogens is 557 g/mol. The van der Waals surface area contributed by atoms with Gasteiger partial charge < -0.3 is 24.0 Å². The highest BCUT2D eigenvalue weighted by Gasteiger charge is 2.53. The van der Waals surface area contributed by atoms with Crippen molar-refractivity contribution < 1.29 is 32.2 Å². The molecule has 4 aromatic carbocycles. The first-order chi connectivity index (χ1) is 20.8. The highest BCUT2D eigenvalue weighted by Crippen LogP contribution is 2.57. The molecule has 220 valence electrons.